The molecule has 0 aliphatic carbocycles. The summed E-state index contributed by atoms with van der Waals surface area (Å²) >= 11 is 0. The minimum Gasteiger partial charge on any atom is -0.458 e. The van der Waals surface area contributed by atoms with Crippen LogP contribution in [-0.2, 0) is 19.1 Å². The van der Waals surface area contributed by atoms with E-state index in [1.807, 2.05) is 38.1 Å². The lowest BCUT2D eigenvalue weighted by Crippen LogP contribution is -2.45. The molecule has 1 aromatic heterocycles. The summed E-state index contributed by atoms with van der Waals surface area (Å²) in [5, 5.41) is 21.7. The summed E-state index contributed by atoms with van der Waals surface area (Å²) < 4.78 is 11.9. The van der Waals surface area contributed by atoms with E-state index >= 15 is 0 Å². The third kappa shape index (κ3) is 6.57. The van der Waals surface area contributed by atoms with Crippen molar-refractivity contribution in [3.05, 3.63) is 35.7 Å². The second-order valence-corrected chi connectivity index (χ2v) is 11.2. The van der Waals surface area contributed by atoms with Gasteiger partial charge in [-0.15, -0.1) is 0 Å². The number of carbonyl (C=O) groups is 2. The quantitative estimate of drug-likeness (QED) is 0.477. The van der Waals surface area contributed by atoms with E-state index < -0.39 is 35.6 Å². The second kappa shape index (κ2) is 10.9. The number of pyridine rings is 1. The van der Waals surface area contributed by atoms with Crippen molar-refractivity contribution in [2.75, 3.05) is 0 Å². The molecule has 3 rings (SSSR count). The van der Waals surface area contributed by atoms with E-state index in [-0.39, 0.29) is 29.8 Å². The lowest BCUT2D eigenvalue weighted by molar-refractivity contribution is -0.154. The van der Waals surface area contributed by atoms with Gasteiger partial charge in [-0.1, -0.05) is 40.2 Å². The van der Waals surface area contributed by atoms with Gasteiger partial charge in [0.05, 0.1) is 41.4 Å². The van der Waals surface area contributed by atoms with Crippen LogP contribution in [0, 0.1) is 17.3 Å². The van der Waals surface area contributed by atoms with Crippen LogP contribution in [0.1, 0.15) is 79.3 Å². The maximum atomic E-state index is 13.2. The Morgan fingerprint density at radius 3 is 2.54 bits per heavy atom. The number of hydrogen-bond acceptors (Lipinski definition) is 7. The Morgan fingerprint density at radius 2 is 1.89 bits per heavy atom. The number of aromatic nitrogens is 1. The molecule has 0 amide bonds. The van der Waals surface area contributed by atoms with Crippen molar-refractivity contribution in [2.24, 2.45) is 17.3 Å². The standard InChI is InChI=1S/C28H41NO6/c1-17-10-9-12-28(6)23(35-28)15-21(18(2)14-20-11-7-8-13-29-20)34-24(31)16-22(30)27(4,5)26(33)19(3)25(17)32/h7-8,11,13-14,17,19,21-23,25,30,32H,9-10,12,15-16H2,1-6H3/t17-,19+,21-,22-,23-,25-,28-/m0/s1. The topological polar surface area (TPSA) is 109 Å². The number of cyclic esters (lactones) is 1. The molecule has 2 aliphatic rings. The van der Waals surface area contributed by atoms with Gasteiger partial charge < -0.3 is 19.7 Å². The molecule has 0 saturated carbocycles. The second-order valence-electron chi connectivity index (χ2n) is 11.2. The maximum Gasteiger partial charge on any atom is 0.309 e. The number of ether oxygens (including phenoxy) is 2. The number of ketones is 1. The number of hydrogen-bond donors (Lipinski definition) is 2. The minimum atomic E-state index is -1.23. The summed E-state index contributed by atoms with van der Waals surface area (Å²) in [4.78, 5) is 30.5. The molecular weight excluding hydrogens is 446 g/mol. The monoisotopic (exact) mass is 487 g/mol. The van der Waals surface area contributed by atoms with Crippen molar-refractivity contribution >= 4 is 17.8 Å². The van der Waals surface area contributed by atoms with E-state index in [1.54, 1.807) is 27.0 Å². The van der Waals surface area contributed by atoms with Gasteiger partial charge in [-0.25, -0.2) is 0 Å². The van der Waals surface area contributed by atoms with Gasteiger partial charge >= 0.3 is 5.97 Å². The molecule has 35 heavy (non-hydrogen) atoms. The highest BCUT2D eigenvalue weighted by molar-refractivity contribution is 5.88. The van der Waals surface area contributed by atoms with E-state index in [0.717, 1.165) is 30.5 Å². The van der Waals surface area contributed by atoms with Crippen molar-refractivity contribution < 1.29 is 29.3 Å². The van der Waals surface area contributed by atoms with E-state index in [4.69, 9.17) is 9.47 Å². The van der Waals surface area contributed by atoms with Crippen LogP contribution < -0.4 is 0 Å². The van der Waals surface area contributed by atoms with E-state index in [9.17, 15) is 19.8 Å². The molecule has 0 bridgehead atoms. The molecule has 7 heteroatoms. The Hall–Kier alpha value is -2.09. The number of rotatable bonds is 2. The van der Waals surface area contributed by atoms with Gasteiger partial charge in [-0.3, -0.25) is 14.6 Å². The van der Waals surface area contributed by atoms with Gasteiger partial charge in [0.25, 0.3) is 0 Å². The maximum absolute atomic E-state index is 13.2. The number of nitrogens with zero attached hydrogens (tertiary/aromatic N) is 1. The van der Waals surface area contributed by atoms with Crippen molar-refractivity contribution in [1.29, 1.82) is 0 Å². The van der Waals surface area contributed by atoms with Gasteiger partial charge in [0, 0.05) is 18.5 Å². The number of carbonyl (C=O) groups excluding carboxylic acids is 2. The zero-order valence-electron chi connectivity index (χ0n) is 21.9. The first-order valence-electron chi connectivity index (χ1n) is 12.7. The SMILES string of the molecule is CC(=Cc1ccccn1)[C@@H]1C[C@@H]2O[C@@]2(C)CCC[C@H](C)[C@H](O)[C@@H](C)C(=O)C(C)(C)[C@@H](O)CC(=O)O1. The van der Waals surface area contributed by atoms with Crippen LogP contribution >= 0.6 is 0 Å². The normalized spacial score (nSPS) is 37.3. The third-order valence-corrected chi connectivity index (χ3v) is 7.98. The fraction of sp³-hybridized carbons (Fsp3) is 0.679. The van der Waals surface area contributed by atoms with Gasteiger partial charge in [0.2, 0.25) is 0 Å². The zero-order valence-corrected chi connectivity index (χ0v) is 21.9. The first-order valence-corrected chi connectivity index (χ1v) is 12.7. The van der Waals surface area contributed by atoms with Gasteiger partial charge in [0.15, 0.2) is 0 Å². The summed E-state index contributed by atoms with van der Waals surface area (Å²) in [7, 11) is 0. The average Bonchev–Trinajstić information content (AvgIpc) is 3.45. The molecule has 2 saturated heterocycles. The van der Waals surface area contributed by atoms with Crippen LogP contribution in [0.2, 0.25) is 0 Å². The Balaban J connectivity index is 1.86. The number of epoxide rings is 1. The summed E-state index contributed by atoms with van der Waals surface area (Å²) in [6.45, 7) is 10.9. The van der Waals surface area contributed by atoms with Crippen LogP contribution in [0.5, 0.6) is 0 Å². The van der Waals surface area contributed by atoms with Crippen molar-refractivity contribution in [3.8, 4) is 0 Å². The predicted molar refractivity (Wildman–Crippen MR) is 133 cm³/mol. The average molecular weight is 488 g/mol. The van der Waals surface area contributed by atoms with E-state index in [1.165, 1.54) is 0 Å². The van der Waals surface area contributed by atoms with Crippen LogP contribution in [0.3, 0.4) is 0 Å². The summed E-state index contributed by atoms with van der Waals surface area (Å²) in [6.07, 6.45) is 3.60. The highest BCUT2D eigenvalue weighted by atomic mass is 16.6. The molecule has 7 nitrogen and oxygen atoms in total. The molecule has 0 radical (unpaired) electrons. The highest BCUT2D eigenvalue weighted by Crippen LogP contribution is 2.45. The van der Waals surface area contributed by atoms with Gasteiger partial charge in [-0.05, 0) is 56.4 Å². The van der Waals surface area contributed by atoms with Crippen molar-refractivity contribution in [3.63, 3.8) is 0 Å². The van der Waals surface area contributed by atoms with Crippen molar-refractivity contribution in [2.45, 2.75) is 104 Å². The molecule has 3 heterocycles. The first-order chi connectivity index (χ1) is 16.3. The molecule has 7 atom stereocenters. The largest absolute Gasteiger partial charge is 0.458 e. The fourth-order valence-corrected chi connectivity index (χ4v) is 5.08. The Bertz CT molecular complexity index is 929. The number of aliphatic hydroxyl groups is 2. The first kappa shape index (κ1) is 27.5. The Kier molecular flexibility index (Phi) is 8.56. The lowest BCUT2D eigenvalue weighted by atomic mass is 9.73. The van der Waals surface area contributed by atoms with E-state index in [2.05, 4.69) is 11.9 Å². The molecule has 2 N–H and O–H groups in total. The smallest absolute Gasteiger partial charge is 0.309 e. The Labute approximate surface area is 208 Å². The summed E-state index contributed by atoms with van der Waals surface area (Å²) in [6, 6.07) is 5.62. The molecule has 1 aromatic rings. The predicted octanol–water partition coefficient (Wildman–Crippen LogP) is 4.11. The molecule has 2 aliphatic heterocycles. The minimum absolute atomic E-state index is 0.0533. The van der Waals surface area contributed by atoms with E-state index in [0.29, 0.717) is 6.42 Å². The molecule has 2 fully saturated rings. The van der Waals surface area contributed by atoms with Gasteiger partial charge in [0.1, 0.15) is 11.9 Å². The molecule has 0 unspecified atom stereocenters. The molecular formula is C28H41NO6. The van der Waals surface area contributed by atoms with Gasteiger partial charge in [-0.2, -0.15) is 0 Å². The number of fused-ring (bicyclic) bond motifs is 1. The van der Waals surface area contributed by atoms with Crippen LogP contribution in [0.4, 0.5) is 0 Å². The Morgan fingerprint density at radius 1 is 1.17 bits per heavy atom. The number of esters is 1. The van der Waals surface area contributed by atoms with Crippen LogP contribution in [0.25, 0.3) is 6.08 Å². The van der Waals surface area contributed by atoms with Crippen molar-refractivity contribution in [1.82, 2.24) is 4.98 Å². The lowest BCUT2D eigenvalue weighted by Gasteiger charge is -2.34. The van der Waals surface area contributed by atoms with Crippen LogP contribution in [0.15, 0.2) is 30.0 Å². The molecule has 0 aromatic carbocycles. The third-order valence-electron chi connectivity index (χ3n) is 7.98. The van der Waals surface area contributed by atoms with Crippen LogP contribution in [-0.4, -0.2) is 57.0 Å². The number of aliphatic hydroxyl groups excluding tert-OH is 2. The number of Topliss-reactive ketones (excluding diaryl/α,β-unsaturated/α-hetero) is 1. The fourth-order valence-electron chi connectivity index (χ4n) is 5.08. The highest BCUT2D eigenvalue weighted by Gasteiger charge is 2.53. The zero-order chi connectivity index (χ0) is 26.0. The molecule has 0 spiro atoms. The molecule has 194 valence electrons. The summed E-state index contributed by atoms with van der Waals surface area (Å²) in [5.74, 6) is -1.56. The summed E-state index contributed by atoms with van der Waals surface area (Å²) in [5.41, 5.74) is 0.0933.